The topological polar surface area (TPSA) is 45.1 Å². The zero-order chi connectivity index (χ0) is 10.9. The molecule has 15 heavy (non-hydrogen) atoms. The Morgan fingerprint density at radius 2 is 2.33 bits per heavy atom. The number of pyridine rings is 1. The van der Waals surface area contributed by atoms with Gasteiger partial charge in [0, 0.05) is 17.2 Å². The molecule has 0 saturated heterocycles. The molecule has 0 unspecified atom stereocenters. The lowest BCUT2D eigenvalue weighted by Crippen LogP contribution is -2.43. The van der Waals surface area contributed by atoms with Gasteiger partial charge in [-0.15, -0.1) is 0 Å². The van der Waals surface area contributed by atoms with E-state index in [0.717, 1.165) is 23.7 Å². The molecule has 2 rings (SSSR count). The minimum absolute atomic E-state index is 0.515. The first-order valence-electron chi connectivity index (χ1n) is 4.86. The average Bonchev–Trinajstić information content (AvgIpc) is 2.14. The SMILES string of the molecule is OC1(CNc2ncc(Br)cc2Cl)CCC1. The van der Waals surface area contributed by atoms with E-state index in [4.69, 9.17) is 11.6 Å². The van der Waals surface area contributed by atoms with Crippen molar-refractivity contribution >= 4 is 33.3 Å². The summed E-state index contributed by atoms with van der Waals surface area (Å²) < 4.78 is 0.848. The fourth-order valence-electron chi connectivity index (χ4n) is 1.55. The number of rotatable bonds is 3. The van der Waals surface area contributed by atoms with Crippen LogP contribution in [0.25, 0.3) is 0 Å². The van der Waals surface area contributed by atoms with Crippen molar-refractivity contribution in [1.29, 1.82) is 0 Å². The van der Waals surface area contributed by atoms with Gasteiger partial charge in [-0.1, -0.05) is 11.6 Å². The van der Waals surface area contributed by atoms with Crippen LogP contribution in [0.5, 0.6) is 0 Å². The molecule has 1 heterocycles. The predicted molar refractivity (Wildman–Crippen MR) is 64.2 cm³/mol. The van der Waals surface area contributed by atoms with Gasteiger partial charge in [0.15, 0.2) is 0 Å². The highest BCUT2D eigenvalue weighted by Gasteiger charge is 2.34. The van der Waals surface area contributed by atoms with Gasteiger partial charge in [-0.05, 0) is 41.3 Å². The number of hydrogen-bond acceptors (Lipinski definition) is 3. The Labute approximate surface area is 102 Å². The summed E-state index contributed by atoms with van der Waals surface area (Å²) in [4.78, 5) is 4.14. The molecule has 1 aromatic heterocycles. The van der Waals surface area contributed by atoms with Crippen molar-refractivity contribution in [2.24, 2.45) is 0 Å². The molecule has 1 aliphatic rings. The highest BCUT2D eigenvalue weighted by atomic mass is 79.9. The Morgan fingerprint density at radius 3 is 2.87 bits per heavy atom. The Kier molecular flexibility index (Phi) is 3.19. The fraction of sp³-hybridized carbons (Fsp3) is 0.500. The van der Waals surface area contributed by atoms with Crippen molar-refractivity contribution in [2.75, 3.05) is 11.9 Å². The molecule has 1 aromatic rings. The summed E-state index contributed by atoms with van der Waals surface area (Å²) in [5.41, 5.74) is -0.557. The molecular weight excluding hydrogens is 279 g/mol. The molecule has 3 nitrogen and oxygen atoms in total. The van der Waals surface area contributed by atoms with E-state index in [1.54, 1.807) is 12.3 Å². The van der Waals surface area contributed by atoms with Crippen LogP contribution in [0.1, 0.15) is 19.3 Å². The third kappa shape index (κ3) is 2.62. The second kappa shape index (κ2) is 4.28. The zero-order valence-electron chi connectivity index (χ0n) is 8.13. The minimum atomic E-state index is -0.557. The van der Waals surface area contributed by atoms with Crippen LogP contribution in [0.3, 0.4) is 0 Å². The summed E-state index contributed by atoms with van der Waals surface area (Å²) in [6.45, 7) is 0.515. The molecule has 0 atom stereocenters. The molecule has 0 spiro atoms. The molecule has 1 fully saturated rings. The smallest absolute Gasteiger partial charge is 0.144 e. The maximum absolute atomic E-state index is 9.87. The number of hydrogen-bond donors (Lipinski definition) is 2. The Hall–Kier alpha value is -0.320. The van der Waals surface area contributed by atoms with Gasteiger partial charge in [-0.2, -0.15) is 0 Å². The Bertz CT molecular complexity index is 368. The van der Waals surface area contributed by atoms with E-state index in [1.165, 1.54) is 0 Å². The summed E-state index contributed by atoms with van der Waals surface area (Å²) in [6.07, 6.45) is 4.49. The molecule has 1 aliphatic carbocycles. The van der Waals surface area contributed by atoms with Crippen LogP contribution >= 0.6 is 27.5 Å². The maximum atomic E-state index is 9.87. The number of aliphatic hydroxyl groups is 1. The van der Waals surface area contributed by atoms with Gasteiger partial charge in [-0.25, -0.2) is 4.98 Å². The van der Waals surface area contributed by atoms with E-state index in [9.17, 15) is 5.11 Å². The number of anilines is 1. The van der Waals surface area contributed by atoms with Gasteiger partial charge >= 0.3 is 0 Å². The zero-order valence-corrected chi connectivity index (χ0v) is 10.5. The van der Waals surface area contributed by atoms with Gasteiger partial charge in [0.2, 0.25) is 0 Å². The summed E-state index contributed by atoms with van der Waals surface area (Å²) in [7, 11) is 0. The standard InChI is InChI=1S/C10H12BrClN2O/c11-7-4-8(12)9(13-5-7)14-6-10(15)2-1-3-10/h4-5,15H,1-3,6H2,(H,13,14). The molecule has 0 radical (unpaired) electrons. The van der Waals surface area contributed by atoms with Gasteiger partial charge < -0.3 is 10.4 Å². The number of nitrogens with zero attached hydrogens (tertiary/aromatic N) is 1. The van der Waals surface area contributed by atoms with E-state index in [1.807, 2.05) is 0 Å². The van der Waals surface area contributed by atoms with Crippen molar-refractivity contribution in [3.05, 3.63) is 21.8 Å². The lowest BCUT2D eigenvalue weighted by Gasteiger charge is -2.36. The van der Waals surface area contributed by atoms with Crippen molar-refractivity contribution in [2.45, 2.75) is 24.9 Å². The van der Waals surface area contributed by atoms with Gasteiger partial charge in [0.25, 0.3) is 0 Å². The van der Waals surface area contributed by atoms with Crippen molar-refractivity contribution in [3.8, 4) is 0 Å². The van der Waals surface area contributed by atoms with Crippen molar-refractivity contribution < 1.29 is 5.11 Å². The number of halogens is 2. The summed E-state index contributed by atoms with van der Waals surface area (Å²) in [5.74, 6) is 0.625. The van der Waals surface area contributed by atoms with Crippen LogP contribution in [0, 0.1) is 0 Å². The first-order valence-corrected chi connectivity index (χ1v) is 6.03. The molecule has 0 amide bonds. The van der Waals surface area contributed by atoms with Gasteiger partial charge in [0.1, 0.15) is 5.82 Å². The highest BCUT2D eigenvalue weighted by molar-refractivity contribution is 9.10. The van der Waals surface area contributed by atoms with E-state index in [2.05, 4.69) is 26.2 Å². The number of aromatic nitrogens is 1. The molecule has 2 N–H and O–H groups in total. The van der Waals surface area contributed by atoms with Crippen LogP contribution in [-0.2, 0) is 0 Å². The van der Waals surface area contributed by atoms with Crippen molar-refractivity contribution in [3.63, 3.8) is 0 Å². The molecule has 82 valence electrons. The second-order valence-electron chi connectivity index (χ2n) is 3.92. The van der Waals surface area contributed by atoms with Crippen LogP contribution < -0.4 is 5.32 Å². The highest BCUT2D eigenvalue weighted by Crippen LogP contribution is 2.32. The largest absolute Gasteiger partial charge is 0.388 e. The van der Waals surface area contributed by atoms with E-state index < -0.39 is 5.60 Å². The Morgan fingerprint density at radius 1 is 1.60 bits per heavy atom. The van der Waals surface area contributed by atoms with Crippen LogP contribution in [0.2, 0.25) is 5.02 Å². The minimum Gasteiger partial charge on any atom is -0.388 e. The maximum Gasteiger partial charge on any atom is 0.144 e. The third-order valence-corrected chi connectivity index (χ3v) is 3.40. The fourth-order valence-corrected chi connectivity index (χ4v) is 2.25. The van der Waals surface area contributed by atoms with E-state index >= 15 is 0 Å². The van der Waals surface area contributed by atoms with E-state index in [0.29, 0.717) is 17.4 Å². The van der Waals surface area contributed by atoms with Crippen LogP contribution in [0.15, 0.2) is 16.7 Å². The van der Waals surface area contributed by atoms with Crippen LogP contribution in [-0.4, -0.2) is 22.2 Å². The van der Waals surface area contributed by atoms with Gasteiger partial charge in [-0.3, -0.25) is 0 Å². The van der Waals surface area contributed by atoms with Gasteiger partial charge in [0.05, 0.1) is 10.6 Å². The second-order valence-corrected chi connectivity index (χ2v) is 5.24. The molecular formula is C10H12BrClN2O. The third-order valence-electron chi connectivity index (χ3n) is 2.68. The quantitative estimate of drug-likeness (QED) is 0.900. The molecule has 5 heteroatoms. The molecule has 1 saturated carbocycles. The molecule has 0 aromatic carbocycles. The van der Waals surface area contributed by atoms with Crippen LogP contribution in [0.4, 0.5) is 5.82 Å². The molecule has 0 bridgehead atoms. The first-order chi connectivity index (χ1) is 7.09. The van der Waals surface area contributed by atoms with E-state index in [-0.39, 0.29) is 0 Å². The number of nitrogens with one attached hydrogen (secondary N) is 1. The monoisotopic (exact) mass is 290 g/mol. The average molecular weight is 292 g/mol. The summed E-state index contributed by atoms with van der Waals surface area (Å²) in [6, 6.07) is 1.78. The molecule has 0 aliphatic heterocycles. The van der Waals surface area contributed by atoms with Crippen molar-refractivity contribution in [1.82, 2.24) is 4.98 Å². The first kappa shape index (κ1) is 11.2. The lowest BCUT2D eigenvalue weighted by atomic mass is 9.80. The predicted octanol–water partition coefficient (Wildman–Crippen LogP) is 2.82. The summed E-state index contributed by atoms with van der Waals surface area (Å²) in [5, 5.41) is 13.5. The Balaban J connectivity index is 1.98. The summed E-state index contributed by atoms with van der Waals surface area (Å²) >= 11 is 9.27. The lowest BCUT2D eigenvalue weighted by molar-refractivity contribution is -0.0202. The normalized spacial score (nSPS) is 18.3.